The molecule has 0 aliphatic heterocycles. The van der Waals surface area contributed by atoms with Crippen LogP contribution in [0, 0.1) is 0 Å². The molecule has 58 valence electrons. The molecule has 0 aliphatic carbocycles. The molecule has 0 aromatic carbocycles. The molecule has 0 N–H and O–H groups in total. The van der Waals surface area contributed by atoms with E-state index in [2.05, 4.69) is 15.9 Å². The van der Waals surface area contributed by atoms with Gasteiger partial charge in [-0.05, 0) is 34.1 Å². The van der Waals surface area contributed by atoms with Crippen molar-refractivity contribution < 1.29 is 39.5 Å². The maximum Gasteiger partial charge on any atom is 1.00 e. The average Bonchev–Trinajstić information content (AvgIpc) is 2.36. The Hall–Kier alpha value is 0.390. The van der Waals surface area contributed by atoms with E-state index < -0.39 is 0 Å². The maximum atomic E-state index is 11.0. The minimum atomic E-state index is -0.240. The second kappa shape index (κ2) is 5.94. The van der Waals surface area contributed by atoms with Gasteiger partial charge in [0, 0.05) is 0 Å². The first-order valence-corrected chi connectivity index (χ1v) is 4.43. The molecule has 2 nitrogen and oxygen atoms in total. The Morgan fingerprint density at radius 2 is 2.25 bits per heavy atom. The van der Waals surface area contributed by atoms with E-state index in [0.29, 0.717) is 11.1 Å². The molecule has 5 heteroatoms. The van der Waals surface area contributed by atoms with E-state index >= 15 is 0 Å². The number of halogens is 1. The van der Waals surface area contributed by atoms with Crippen LogP contribution in [0.25, 0.3) is 0 Å². The molecule has 1 rings (SSSR count). The van der Waals surface area contributed by atoms with E-state index in [-0.39, 0.29) is 35.3 Å². The summed E-state index contributed by atoms with van der Waals surface area (Å²) in [5, 5.41) is 9.91. The van der Waals surface area contributed by atoms with E-state index in [1.807, 2.05) is 0 Å². The van der Waals surface area contributed by atoms with Gasteiger partial charge in [0.2, 0.25) is 0 Å². The summed E-state index contributed by atoms with van der Waals surface area (Å²) in [6.45, 7) is 0. The number of thiophene rings is 1. The number of hydrogen-bond donors (Lipinski definition) is 0. The van der Waals surface area contributed by atoms with Crippen molar-refractivity contribution in [1.29, 1.82) is 0 Å². The van der Waals surface area contributed by atoms with Crippen molar-refractivity contribution in [3.05, 3.63) is 33.1 Å². The molecule has 0 saturated carbocycles. The van der Waals surface area contributed by atoms with Gasteiger partial charge in [0.05, 0.1) is 8.66 Å². The number of carbonyl (C=O) groups excluding carboxylic acids is 1. The van der Waals surface area contributed by atoms with Crippen LogP contribution in [0.15, 0.2) is 28.3 Å². The Morgan fingerprint density at radius 3 is 2.67 bits per heavy atom. The summed E-state index contributed by atoms with van der Waals surface area (Å²) in [6.07, 6.45) is 1.51. The molecule has 0 bridgehead atoms. The zero-order valence-corrected chi connectivity index (χ0v) is 10.8. The molecule has 0 unspecified atom stereocenters. The summed E-state index contributed by atoms with van der Waals surface area (Å²) in [6, 6.07) is 3.45. The third kappa shape index (κ3) is 3.41. The third-order valence-electron chi connectivity index (χ3n) is 1.04. The summed E-state index contributed by atoms with van der Waals surface area (Å²) >= 11 is 4.53. The molecule has 1 aromatic heterocycles. The van der Waals surface area contributed by atoms with Gasteiger partial charge in [-0.2, -0.15) is 0 Å². The van der Waals surface area contributed by atoms with Gasteiger partial charge in [0.25, 0.3) is 0 Å². The largest absolute Gasteiger partial charge is 1.00 e. The van der Waals surface area contributed by atoms with E-state index in [0.717, 1.165) is 9.86 Å². The van der Waals surface area contributed by atoms with Crippen LogP contribution in [0.5, 0.6) is 0 Å². The van der Waals surface area contributed by atoms with E-state index in [9.17, 15) is 9.90 Å². The molecule has 0 spiro atoms. The van der Waals surface area contributed by atoms with Gasteiger partial charge in [-0.25, -0.2) is 0 Å². The number of hydrogen-bond acceptors (Lipinski definition) is 3. The summed E-state index contributed by atoms with van der Waals surface area (Å²) in [5.41, 5.74) is 0. The Labute approximate surface area is 105 Å². The zero-order chi connectivity index (χ0) is 8.27. The fourth-order valence-corrected chi connectivity index (χ4v) is 1.90. The quantitative estimate of drug-likeness (QED) is 0.281. The number of carbonyl (C=O) groups is 1. The van der Waals surface area contributed by atoms with Crippen molar-refractivity contribution in [1.82, 2.24) is 0 Å². The number of allylic oxidation sites excluding steroid dienone is 1. The number of rotatable bonds is 2. The first kappa shape index (κ1) is 12.4. The molecular weight excluding hydrogens is 251 g/mol. The van der Waals surface area contributed by atoms with Gasteiger partial charge >= 0.3 is 29.6 Å². The molecular formula is C7H4BrNaO2S. The molecule has 0 saturated heterocycles. The third-order valence-corrected chi connectivity index (χ3v) is 2.67. The molecule has 0 fully saturated rings. The average molecular weight is 255 g/mol. The van der Waals surface area contributed by atoms with Crippen LogP contribution in [-0.4, -0.2) is 5.78 Å². The molecule has 1 heterocycles. The van der Waals surface area contributed by atoms with Gasteiger partial charge in [-0.15, -0.1) is 17.6 Å². The molecule has 12 heavy (non-hydrogen) atoms. The van der Waals surface area contributed by atoms with E-state index in [1.165, 1.54) is 11.3 Å². The predicted octanol–water partition coefficient (Wildman–Crippen LogP) is -1.43. The Kier molecular flexibility index (Phi) is 6.13. The fraction of sp³-hybridized carbons (Fsp3) is 0. The van der Waals surface area contributed by atoms with Crippen molar-refractivity contribution in [3.63, 3.8) is 0 Å². The minimum absolute atomic E-state index is 0. The van der Waals surface area contributed by atoms with Gasteiger partial charge in [0.1, 0.15) is 0 Å². The summed E-state index contributed by atoms with van der Waals surface area (Å²) in [4.78, 5) is 11.5. The van der Waals surface area contributed by atoms with Crippen LogP contribution >= 0.6 is 27.3 Å². The second-order valence-electron chi connectivity index (χ2n) is 1.77. The summed E-state index contributed by atoms with van der Waals surface area (Å²) in [5.74, 6) is -0.240. The van der Waals surface area contributed by atoms with Crippen molar-refractivity contribution in [2.24, 2.45) is 0 Å². The van der Waals surface area contributed by atoms with Crippen LogP contribution < -0.4 is 34.7 Å². The Bertz CT molecular complexity index is 295. The molecule has 0 atom stereocenters. The van der Waals surface area contributed by atoms with Gasteiger partial charge in [0.15, 0.2) is 5.78 Å². The number of ketones is 1. The Balaban J connectivity index is 0.00000121. The maximum absolute atomic E-state index is 11.0. The van der Waals surface area contributed by atoms with E-state index in [1.54, 1.807) is 12.1 Å². The normalized spacial score (nSPS) is 9.75. The van der Waals surface area contributed by atoms with Gasteiger partial charge < -0.3 is 5.11 Å². The fourth-order valence-electron chi connectivity index (χ4n) is 0.591. The van der Waals surface area contributed by atoms with Crippen LogP contribution in [0.2, 0.25) is 0 Å². The topological polar surface area (TPSA) is 40.1 Å². The zero-order valence-electron chi connectivity index (χ0n) is 6.41. The smallest absolute Gasteiger partial charge is 0.878 e. The standard InChI is InChI=1S/C7H5BrO2S.Na/c8-7-2-1-6(11-7)5(10)3-4-9;/h1-4,9H;/q;+1/p-1. The van der Waals surface area contributed by atoms with Crippen LogP contribution in [0.1, 0.15) is 9.67 Å². The Morgan fingerprint density at radius 1 is 1.58 bits per heavy atom. The van der Waals surface area contributed by atoms with Gasteiger partial charge in [-0.1, -0.05) is 0 Å². The van der Waals surface area contributed by atoms with Crippen LogP contribution in [-0.2, 0) is 0 Å². The van der Waals surface area contributed by atoms with Gasteiger partial charge in [-0.3, -0.25) is 4.79 Å². The second-order valence-corrected chi connectivity index (χ2v) is 4.23. The van der Waals surface area contributed by atoms with Crippen molar-refractivity contribution in [2.75, 3.05) is 0 Å². The van der Waals surface area contributed by atoms with Crippen LogP contribution in [0.3, 0.4) is 0 Å². The van der Waals surface area contributed by atoms with E-state index in [4.69, 9.17) is 0 Å². The molecule has 0 aliphatic rings. The van der Waals surface area contributed by atoms with Crippen molar-refractivity contribution in [3.8, 4) is 0 Å². The monoisotopic (exact) mass is 254 g/mol. The van der Waals surface area contributed by atoms with Crippen LogP contribution in [0.4, 0.5) is 0 Å². The summed E-state index contributed by atoms with van der Waals surface area (Å²) in [7, 11) is 0. The SMILES string of the molecule is O=C(C=C[O-])c1ccc(Br)s1.[Na+]. The van der Waals surface area contributed by atoms with Crippen molar-refractivity contribution in [2.45, 2.75) is 0 Å². The van der Waals surface area contributed by atoms with Crippen molar-refractivity contribution >= 4 is 33.0 Å². The minimum Gasteiger partial charge on any atom is -0.878 e. The first-order valence-electron chi connectivity index (χ1n) is 2.82. The molecule has 0 radical (unpaired) electrons. The molecule has 1 aromatic rings. The first-order chi connectivity index (χ1) is 5.24. The summed E-state index contributed by atoms with van der Waals surface area (Å²) < 4.78 is 0.889. The predicted molar refractivity (Wildman–Crippen MR) is 45.5 cm³/mol. The molecule has 0 amide bonds.